The van der Waals surface area contributed by atoms with Gasteiger partial charge in [0.2, 0.25) is 0 Å². The van der Waals surface area contributed by atoms with E-state index in [0.717, 1.165) is 19.9 Å². The molecule has 134 valence electrons. The number of sulfone groups is 1. The molecule has 3 rings (SSSR count). The van der Waals surface area contributed by atoms with Crippen molar-refractivity contribution in [2.24, 2.45) is 0 Å². The number of fused-ring (bicyclic) bond motifs is 1. The second kappa shape index (κ2) is 6.80. The Morgan fingerprint density at radius 3 is 2.24 bits per heavy atom. The van der Waals surface area contributed by atoms with Crippen LogP contribution in [-0.2, 0) is 9.84 Å². The Kier molecular flexibility index (Phi) is 5.04. The normalized spacial score (nSPS) is 14.9. The Bertz CT molecular complexity index is 915. The first-order valence-electron chi connectivity index (χ1n) is 6.87. The van der Waals surface area contributed by atoms with Crippen LogP contribution in [0.1, 0.15) is 10.4 Å². The molecule has 0 fully saturated rings. The van der Waals surface area contributed by atoms with Gasteiger partial charge in [-0.3, -0.25) is 0 Å². The minimum atomic E-state index is -5.33. The highest BCUT2D eigenvalue weighted by atomic mass is 127. The van der Waals surface area contributed by atoms with Gasteiger partial charge in [0, 0.05) is 0 Å². The number of hydrogen-bond donors (Lipinski definition) is 0. The molecule has 1 aromatic carbocycles. The largest absolute Gasteiger partial charge is 0.501 e. The first-order valence-corrected chi connectivity index (χ1v) is 10.3. The van der Waals surface area contributed by atoms with E-state index in [1.54, 1.807) is 12.2 Å². The number of hydrogen-bond acceptors (Lipinski definition) is 5. The number of benzene rings is 1. The fraction of sp³-hybridized carbons (Fsp3) is 0.200. The summed E-state index contributed by atoms with van der Waals surface area (Å²) in [6.45, 7) is 0.933. The van der Waals surface area contributed by atoms with Crippen LogP contribution < -0.4 is 9.47 Å². The molecular weight excluding hydrogens is 492 g/mol. The number of halogens is 4. The van der Waals surface area contributed by atoms with E-state index in [4.69, 9.17) is 9.47 Å². The molecule has 4 nitrogen and oxygen atoms in total. The Balaban J connectivity index is 1.84. The smallest absolute Gasteiger partial charge is 0.485 e. The average molecular weight is 502 g/mol. The first-order chi connectivity index (χ1) is 11.7. The van der Waals surface area contributed by atoms with Crippen molar-refractivity contribution >= 4 is 55.9 Å². The Morgan fingerprint density at radius 2 is 1.64 bits per heavy atom. The van der Waals surface area contributed by atoms with Crippen molar-refractivity contribution in [3.8, 4) is 11.5 Å². The van der Waals surface area contributed by atoms with Crippen LogP contribution in [0.3, 0.4) is 0 Å². The van der Waals surface area contributed by atoms with Gasteiger partial charge in [-0.2, -0.15) is 13.2 Å². The summed E-state index contributed by atoms with van der Waals surface area (Å²) in [4.78, 5) is 0.0445. The molecule has 0 atom stereocenters. The predicted molar refractivity (Wildman–Crippen MR) is 96.6 cm³/mol. The summed E-state index contributed by atoms with van der Waals surface area (Å²) in [7, 11) is -5.33. The monoisotopic (exact) mass is 502 g/mol. The van der Waals surface area contributed by atoms with Crippen LogP contribution in [0.4, 0.5) is 13.2 Å². The second-order valence-electron chi connectivity index (χ2n) is 4.95. The van der Waals surface area contributed by atoms with Gasteiger partial charge in [-0.25, -0.2) is 8.42 Å². The lowest BCUT2D eigenvalue weighted by molar-refractivity contribution is -0.0436. The minimum absolute atomic E-state index is 0.449. The molecule has 25 heavy (non-hydrogen) atoms. The van der Waals surface area contributed by atoms with E-state index in [1.807, 2.05) is 0 Å². The zero-order valence-corrected chi connectivity index (χ0v) is 16.1. The summed E-state index contributed by atoms with van der Waals surface area (Å²) >= 11 is 3.61. The Labute approximate surface area is 159 Å². The van der Waals surface area contributed by atoms with Gasteiger partial charge < -0.3 is 9.47 Å². The highest BCUT2D eigenvalue weighted by Gasteiger charge is 2.46. The minimum Gasteiger partial charge on any atom is -0.485 e. The third-order valence-corrected chi connectivity index (χ3v) is 6.87. The number of alkyl halides is 3. The fourth-order valence-electron chi connectivity index (χ4n) is 2.11. The molecule has 1 aliphatic rings. The molecular formula is C15H10F3IO4S2. The van der Waals surface area contributed by atoms with Crippen LogP contribution in [0.5, 0.6) is 11.5 Å². The van der Waals surface area contributed by atoms with E-state index in [1.165, 1.54) is 23.5 Å². The Morgan fingerprint density at radius 1 is 1.04 bits per heavy atom. The molecule has 2 heterocycles. The lowest BCUT2D eigenvalue weighted by atomic mass is 10.2. The van der Waals surface area contributed by atoms with Crippen molar-refractivity contribution in [1.82, 2.24) is 0 Å². The summed E-state index contributed by atoms with van der Waals surface area (Å²) in [5.41, 5.74) is -4.75. The predicted octanol–water partition coefficient (Wildman–Crippen LogP) is 4.59. The summed E-state index contributed by atoms with van der Waals surface area (Å²) < 4.78 is 72.3. The maximum atomic E-state index is 12.5. The lowest BCUT2D eigenvalue weighted by Gasteiger charge is -2.15. The molecule has 0 N–H and O–H groups in total. The van der Waals surface area contributed by atoms with Crippen molar-refractivity contribution in [2.75, 3.05) is 13.2 Å². The molecule has 0 unspecified atom stereocenters. The molecule has 1 aromatic heterocycles. The standard InChI is InChI=1S/C15H10F3IO4S2/c16-15(17,18)25(20,21)10-4-1-9(2-5-10)3-6-11-12-13(14(19)24-11)23-8-7-22-12/h1-6H,7-8H2/b6-3+. The maximum Gasteiger partial charge on any atom is 0.501 e. The van der Waals surface area contributed by atoms with Crippen molar-refractivity contribution in [3.05, 3.63) is 37.6 Å². The summed E-state index contributed by atoms with van der Waals surface area (Å²) in [5.74, 6) is 1.34. The number of ether oxygens (including phenoxy) is 2. The molecule has 0 spiro atoms. The SMILES string of the molecule is O=S(=O)(c1ccc(/C=C/c2sc(I)c3c2OCCO3)cc1)C(F)(F)F. The van der Waals surface area contributed by atoms with Crippen molar-refractivity contribution < 1.29 is 31.1 Å². The van der Waals surface area contributed by atoms with Crippen molar-refractivity contribution in [3.63, 3.8) is 0 Å². The molecule has 0 saturated heterocycles. The molecule has 0 amide bonds. The van der Waals surface area contributed by atoms with Gasteiger partial charge in [0.05, 0.1) is 9.77 Å². The van der Waals surface area contributed by atoms with Gasteiger partial charge in [-0.15, -0.1) is 11.3 Å². The second-order valence-corrected chi connectivity index (χ2v) is 9.75. The lowest BCUT2D eigenvalue weighted by Crippen LogP contribution is -2.23. The quantitative estimate of drug-likeness (QED) is 0.577. The van der Waals surface area contributed by atoms with E-state index in [2.05, 4.69) is 22.6 Å². The molecule has 0 aliphatic carbocycles. The van der Waals surface area contributed by atoms with Crippen LogP contribution in [0.15, 0.2) is 29.2 Å². The van der Waals surface area contributed by atoms with Gasteiger partial charge in [0.1, 0.15) is 16.1 Å². The van der Waals surface area contributed by atoms with Gasteiger partial charge in [-0.1, -0.05) is 18.2 Å². The molecule has 0 bridgehead atoms. The van der Waals surface area contributed by atoms with E-state index in [-0.39, 0.29) is 0 Å². The van der Waals surface area contributed by atoms with Gasteiger partial charge >= 0.3 is 5.51 Å². The average Bonchev–Trinajstić information content (AvgIpc) is 2.89. The summed E-state index contributed by atoms with van der Waals surface area (Å²) in [6, 6.07) is 4.51. The van der Waals surface area contributed by atoms with Crippen molar-refractivity contribution in [2.45, 2.75) is 10.4 Å². The zero-order valence-electron chi connectivity index (χ0n) is 12.3. The topological polar surface area (TPSA) is 52.6 Å². The van der Waals surface area contributed by atoms with E-state index in [0.29, 0.717) is 30.3 Å². The maximum absolute atomic E-state index is 12.5. The number of thiophene rings is 1. The molecule has 10 heteroatoms. The highest BCUT2D eigenvalue weighted by molar-refractivity contribution is 14.1. The van der Waals surface area contributed by atoms with Crippen molar-refractivity contribution in [1.29, 1.82) is 0 Å². The third-order valence-electron chi connectivity index (χ3n) is 3.31. The van der Waals surface area contributed by atoms with Crippen LogP contribution >= 0.6 is 33.9 Å². The Hall–Kier alpha value is -1.27. The molecule has 1 aliphatic heterocycles. The van der Waals surface area contributed by atoms with E-state index in [9.17, 15) is 21.6 Å². The van der Waals surface area contributed by atoms with E-state index < -0.39 is 20.2 Å². The molecule has 0 radical (unpaired) electrons. The molecule has 2 aromatic rings. The fourth-order valence-corrected chi connectivity index (χ4v) is 4.80. The van der Waals surface area contributed by atoms with E-state index >= 15 is 0 Å². The van der Waals surface area contributed by atoms with Gasteiger partial charge in [0.15, 0.2) is 11.5 Å². The van der Waals surface area contributed by atoms with Gasteiger partial charge in [0.25, 0.3) is 9.84 Å². The van der Waals surface area contributed by atoms with Gasteiger partial charge in [-0.05, 0) is 46.4 Å². The zero-order chi connectivity index (χ0) is 18.2. The van der Waals surface area contributed by atoms with Crippen LogP contribution in [-0.4, -0.2) is 27.1 Å². The van der Waals surface area contributed by atoms with Crippen LogP contribution in [0.25, 0.3) is 12.2 Å². The number of rotatable bonds is 3. The molecule has 0 saturated carbocycles. The van der Waals surface area contributed by atoms with Crippen LogP contribution in [0, 0.1) is 2.88 Å². The summed E-state index contributed by atoms with van der Waals surface area (Å²) in [5, 5.41) is 0. The first kappa shape index (κ1) is 18.5. The van der Waals surface area contributed by atoms with Crippen LogP contribution in [0.2, 0.25) is 0 Å². The summed E-state index contributed by atoms with van der Waals surface area (Å²) in [6.07, 6.45) is 3.43. The third kappa shape index (κ3) is 3.65. The highest BCUT2D eigenvalue weighted by Crippen LogP contribution is 2.45.